The maximum absolute atomic E-state index is 13.9. The third-order valence-electron chi connectivity index (χ3n) is 5.82. The van der Waals surface area contributed by atoms with Gasteiger partial charge in [0.05, 0.1) is 15.6 Å². The molecule has 1 atom stereocenters. The van der Waals surface area contributed by atoms with E-state index in [1.165, 1.54) is 23.1 Å². The Morgan fingerprint density at radius 2 is 1.63 bits per heavy atom. The quantitative estimate of drug-likeness (QED) is 0.335. The number of hydrogen-bond donors (Lipinski definition) is 1. The van der Waals surface area contributed by atoms with Crippen LogP contribution in [0.5, 0.6) is 0 Å². The van der Waals surface area contributed by atoms with Crippen LogP contribution in [0.3, 0.4) is 0 Å². The molecule has 0 aromatic heterocycles. The fourth-order valence-electron chi connectivity index (χ4n) is 3.68. The van der Waals surface area contributed by atoms with E-state index in [4.69, 9.17) is 23.2 Å². The number of sulfonamides is 1. The average Bonchev–Trinajstić information content (AvgIpc) is 2.91. The summed E-state index contributed by atoms with van der Waals surface area (Å²) >= 11 is 12.3. The number of nitrogens with one attached hydrogen (secondary N) is 1. The van der Waals surface area contributed by atoms with Crippen molar-refractivity contribution in [2.24, 2.45) is 0 Å². The summed E-state index contributed by atoms with van der Waals surface area (Å²) in [5.41, 5.74) is 0.578. The Kier molecular flexibility index (Phi) is 10.1. The predicted octanol–water partition coefficient (Wildman–Crippen LogP) is 5.27. The molecule has 2 amide bonds. The molecule has 3 rings (SSSR count). The van der Waals surface area contributed by atoms with E-state index < -0.39 is 40.2 Å². The summed E-state index contributed by atoms with van der Waals surface area (Å²) in [6.07, 6.45) is 0.700. The predicted molar refractivity (Wildman–Crippen MR) is 147 cm³/mol. The second-order valence-corrected chi connectivity index (χ2v) is 11.2. The van der Waals surface area contributed by atoms with Gasteiger partial charge in [0, 0.05) is 18.1 Å². The lowest BCUT2D eigenvalue weighted by Crippen LogP contribution is -2.51. The van der Waals surface area contributed by atoms with Crippen molar-refractivity contribution < 1.29 is 22.4 Å². The fourth-order valence-corrected chi connectivity index (χ4v) is 5.47. The van der Waals surface area contributed by atoms with Crippen LogP contribution in [0.1, 0.15) is 25.8 Å². The van der Waals surface area contributed by atoms with Gasteiger partial charge in [-0.1, -0.05) is 66.5 Å². The molecule has 0 heterocycles. The van der Waals surface area contributed by atoms with Crippen molar-refractivity contribution in [1.82, 2.24) is 10.2 Å². The van der Waals surface area contributed by atoms with E-state index >= 15 is 0 Å². The first kappa shape index (κ1) is 29.4. The molecule has 0 unspecified atom stereocenters. The van der Waals surface area contributed by atoms with E-state index in [9.17, 15) is 22.4 Å². The Labute approximate surface area is 232 Å². The second kappa shape index (κ2) is 13.1. The summed E-state index contributed by atoms with van der Waals surface area (Å²) < 4.78 is 42.1. The van der Waals surface area contributed by atoms with Gasteiger partial charge in [0.15, 0.2) is 0 Å². The van der Waals surface area contributed by atoms with E-state index in [1.54, 1.807) is 49.4 Å². The summed E-state index contributed by atoms with van der Waals surface area (Å²) in [5.74, 6) is -1.79. The molecule has 0 aliphatic rings. The molecule has 0 aliphatic heterocycles. The van der Waals surface area contributed by atoms with Gasteiger partial charge in [-0.15, -0.1) is 0 Å². The third kappa shape index (κ3) is 7.03. The van der Waals surface area contributed by atoms with Crippen molar-refractivity contribution in [2.75, 3.05) is 17.4 Å². The van der Waals surface area contributed by atoms with Crippen molar-refractivity contribution >= 4 is 50.7 Å². The normalized spacial score (nSPS) is 12.0. The largest absolute Gasteiger partial charge is 0.354 e. The highest BCUT2D eigenvalue weighted by atomic mass is 35.5. The van der Waals surface area contributed by atoms with Crippen LogP contribution in [0.4, 0.5) is 10.1 Å². The molecule has 0 aliphatic carbocycles. The molecule has 0 radical (unpaired) electrons. The molecule has 0 fully saturated rings. The van der Waals surface area contributed by atoms with Crippen molar-refractivity contribution in [3.63, 3.8) is 0 Å². The van der Waals surface area contributed by atoms with Crippen LogP contribution in [0.25, 0.3) is 0 Å². The maximum atomic E-state index is 13.9. The number of carbonyl (C=O) groups excluding carboxylic acids is 2. The van der Waals surface area contributed by atoms with Crippen molar-refractivity contribution in [1.29, 1.82) is 0 Å². The van der Waals surface area contributed by atoms with Crippen LogP contribution in [-0.2, 0) is 26.2 Å². The average molecular weight is 581 g/mol. The Balaban J connectivity index is 2.04. The molecular weight excluding hydrogens is 552 g/mol. The molecule has 38 heavy (non-hydrogen) atoms. The lowest BCUT2D eigenvalue weighted by molar-refractivity contribution is -0.139. The topological polar surface area (TPSA) is 86.8 Å². The van der Waals surface area contributed by atoms with E-state index in [0.717, 1.165) is 16.4 Å². The monoisotopic (exact) mass is 579 g/mol. The van der Waals surface area contributed by atoms with E-state index in [-0.39, 0.29) is 22.2 Å². The SMILES string of the molecule is CCCNC(=O)[C@H](C)N(Cc1ccccc1Cl)C(=O)CN(c1ccc(F)c(Cl)c1)S(=O)(=O)c1ccccc1. The highest BCUT2D eigenvalue weighted by Crippen LogP contribution is 2.28. The lowest BCUT2D eigenvalue weighted by Gasteiger charge is -2.32. The standard InChI is InChI=1S/C27H28Cl2FN3O4S/c1-3-15-31-27(35)19(2)32(17-20-9-7-8-12-23(20)28)26(34)18-33(21-13-14-25(30)24(29)16-21)38(36,37)22-10-5-4-6-11-22/h4-14,16,19H,3,15,17-18H2,1-2H3,(H,31,35)/t19-/m0/s1. The minimum absolute atomic E-state index is 0.00520. The van der Waals surface area contributed by atoms with Crippen LogP contribution >= 0.6 is 23.2 Å². The minimum atomic E-state index is -4.28. The van der Waals surface area contributed by atoms with Crippen molar-refractivity contribution in [3.8, 4) is 0 Å². The Morgan fingerprint density at radius 1 is 0.974 bits per heavy atom. The number of benzene rings is 3. The zero-order chi connectivity index (χ0) is 27.9. The first-order chi connectivity index (χ1) is 18.1. The number of nitrogens with zero attached hydrogens (tertiary/aromatic N) is 2. The molecule has 0 saturated carbocycles. The molecule has 0 saturated heterocycles. The van der Waals surface area contributed by atoms with Crippen molar-refractivity contribution in [3.05, 3.63) is 94.2 Å². The van der Waals surface area contributed by atoms with Crippen molar-refractivity contribution in [2.45, 2.75) is 37.8 Å². The molecule has 1 N–H and O–H groups in total. The van der Waals surface area contributed by atoms with Gasteiger partial charge in [-0.05, 0) is 55.3 Å². The molecule has 0 spiro atoms. The zero-order valence-electron chi connectivity index (χ0n) is 20.9. The van der Waals surface area contributed by atoms with Gasteiger partial charge in [0.2, 0.25) is 11.8 Å². The lowest BCUT2D eigenvalue weighted by atomic mass is 10.1. The molecule has 3 aromatic rings. The van der Waals surface area contributed by atoms with Crippen LogP contribution in [0.15, 0.2) is 77.7 Å². The number of hydrogen-bond acceptors (Lipinski definition) is 4. The highest BCUT2D eigenvalue weighted by molar-refractivity contribution is 7.92. The van der Waals surface area contributed by atoms with Gasteiger partial charge in [-0.2, -0.15) is 0 Å². The number of halogens is 3. The summed E-state index contributed by atoms with van der Waals surface area (Å²) in [5, 5.41) is 2.86. The van der Waals surface area contributed by atoms with Crippen LogP contribution in [0.2, 0.25) is 10.0 Å². The Hall–Kier alpha value is -3.14. The van der Waals surface area contributed by atoms with Gasteiger partial charge in [0.1, 0.15) is 18.4 Å². The first-order valence-electron chi connectivity index (χ1n) is 11.9. The molecule has 7 nitrogen and oxygen atoms in total. The number of anilines is 1. The fraction of sp³-hybridized carbons (Fsp3) is 0.259. The first-order valence-corrected chi connectivity index (χ1v) is 14.1. The molecule has 11 heteroatoms. The van der Waals surface area contributed by atoms with Gasteiger partial charge in [-0.25, -0.2) is 12.8 Å². The number of carbonyl (C=O) groups is 2. The Morgan fingerprint density at radius 3 is 2.26 bits per heavy atom. The number of amides is 2. The molecule has 3 aromatic carbocycles. The van der Waals surface area contributed by atoms with Gasteiger partial charge in [-0.3, -0.25) is 13.9 Å². The highest BCUT2D eigenvalue weighted by Gasteiger charge is 2.33. The van der Waals surface area contributed by atoms with Gasteiger partial charge >= 0.3 is 0 Å². The minimum Gasteiger partial charge on any atom is -0.354 e. The van der Waals surface area contributed by atoms with E-state index in [2.05, 4.69) is 5.32 Å². The Bertz CT molecular complexity index is 1390. The summed E-state index contributed by atoms with van der Waals surface area (Å²) in [7, 11) is -4.28. The van der Waals surface area contributed by atoms with Crippen LogP contribution in [0, 0.1) is 5.82 Å². The van der Waals surface area contributed by atoms with Gasteiger partial charge < -0.3 is 10.2 Å². The van der Waals surface area contributed by atoms with Crippen LogP contribution < -0.4 is 9.62 Å². The van der Waals surface area contributed by atoms with E-state index in [1.807, 2.05) is 6.92 Å². The summed E-state index contributed by atoms with van der Waals surface area (Å²) in [6, 6.07) is 16.9. The molecule has 202 valence electrons. The second-order valence-electron chi connectivity index (χ2n) is 8.50. The number of rotatable bonds is 11. The van der Waals surface area contributed by atoms with E-state index in [0.29, 0.717) is 23.6 Å². The van der Waals surface area contributed by atoms with Crippen LogP contribution in [-0.4, -0.2) is 44.3 Å². The smallest absolute Gasteiger partial charge is 0.264 e. The van der Waals surface area contributed by atoms with Gasteiger partial charge in [0.25, 0.3) is 10.0 Å². The summed E-state index contributed by atoms with van der Waals surface area (Å²) in [4.78, 5) is 27.8. The summed E-state index contributed by atoms with van der Waals surface area (Å²) in [6.45, 7) is 3.17. The molecule has 0 bridgehead atoms. The maximum Gasteiger partial charge on any atom is 0.264 e. The zero-order valence-corrected chi connectivity index (χ0v) is 23.2. The molecular formula is C27H28Cl2FN3O4S. The third-order valence-corrected chi connectivity index (χ3v) is 8.26.